The summed E-state index contributed by atoms with van der Waals surface area (Å²) in [5.74, 6) is -7.83. The molecule has 0 saturated heterocycles. The predicted octanol–water partition coefficient (Wildman–Crippen LogP) is 4.84. The van der Waals surface area contributed by atoms with Crippen molar-refractivity contribution >= 4 is 23.6 Å². The Morgan fingerprint density at radius 2 is 1.40 bits per heavy atom. The molecule has 0 bridgehead atoms. The van der Waals surface area contributed by atoms with Crippen LogP contribution < -0.4 is 21.5 Å². The fourth-order valence-electron chi connectivity index (χ4n) is 5.21. The summed E-state index contributed by atoms with van der Waals surface area (Å²) in [4.78, 5) is 56.8. The van der Waals surface area contributed by atoms with E-state index in [1.807, 2.05) is 0 Å². The van der Waals surface area contributed by atoms with Crippen molar-refractivity contribution in [1.82, 2.24) is 20.2 Å². The molecule has 5 rings (SSSR count). The molecule has 2 atom stereocenters. The molecule has 52 heavy (non-hydrogen) atoms. The molecule has 3 amide bonds. The Morgan fingerprint density at radius 1 is 0.827 bits per heavy atom. The van der Waals surface area contributed by atoms with Crippen LogP contribution in [0, 0.1) is 5.82 Å². The minimum absolute atomic E-state index is 0.107. The van der Waals surface area contributed by atoms with E-state index in [4.69, 9.17) is 4.74 Å². The van der Waals surface area contributed by atoms with Gasteiger partial charge in [0, 0.05) is 12.1 Å². The molecule has 0 aliphatic carbocycles. The number of aromatic nitrogens is 2. The van der Waals surface area contributed by atoms with E-state index in [-0.39, 0.29) is 36.6 Å². The third kappa shape index (κ3) is 9.69. The van der Waals surface area contributed by atoms with Crippen LogP contribution in [0.3, 0.4) is 0 Å². The van der Waals surface area contributed by atoms with Crippen molar-refractivity contribution in [1.29, 1.82) is 0 Å². The van der Waals surface area contributed by atoms with Crippen molar-refractivity contribution in [3.63, 3.8) is 0 Å². The van der Waals surface area contributed by atoms with Gasteiger partial charge in [-0.3, -0.25) is 24.3 Å². The SMILES string of the molecule is O=C(Cn1c(-c2ccc(F)cc2)ncc(NC(=O)OCc2ccccc2)c1=O)N[C@@H](Cc1ccccc1)[C@H](O)C(F)(F)C(=O)NCc1ccccc1. The zero-order valence-electron chi connectivity index (χ0n) is 27.5. The Kier molecular flexibility index (Phi) is 12.2. The number of amides is 3. The van der Waals surface area contributed by atoms with Gasteiger partial charge in [-0.25, -0.2) is 14.2 Å². The van der Waals surface area contributed by atoms with Crippen LogP contribution in [-0.2, 0) is 40.4 Å². The molecule has 1 aromatic heterocycles. The van der Waals surface area contributed by atoms with Crippen LogP contribution >= 0.6 is 0 Å². The van der Waals surface area contributed by atoms with E-state index < -0.39 is 53.9 Å². The second-order valence-corrected chi connectivity index (χ2v) is 11.7. The van der Waals surface area contributed by atoms with Crippen molar-refractivity contribution in [2.45, 2.75) is 44.2 Å². The standard InChI is InChI=1S/C38H34F3N5O6/c39-29-18-16-28(17-19-29)34-42-22-31(45-37(51)52-24-27-14-8-3-9-15-27)35(49)46(34)23-32(47)44-30(20-25-10-4-1-5-11-25)33(48)38(40,41)36(50)43-21-26-12-6-2-7-13-26/h1-19,22,30,33,48H,20-21,23-24H2,(H,43,50)(H,44,47)(H,45,51)/t30-,33-/m0/s1. The van der Waals surface area contributed by atoms with Crippen LogP contribution in [0.2, 0.25) is 0 Å². The average Bonchev–Trinajstić information content (AvgIpc) is 3.15. The van der Waals surface area contributed by atoms with Crippen molar-refractivity contribution in [3.8, 4) is 11.4 Å². The Hall–Kier alpha value is -6.28. The highest BCUT2D eigenvalue weighted by Crippen LogP contribution is 2.24. The van der Waals surface area contributed by atoms with E-state index in [0.717, 1.165) is 22.9 Å². The lowest BCUT2D eigenvalue weighted by Gasteiger charge is -2.30. The van der Waals surface area contributed by atoms with Crippen LogP contribution in [0.4, 0.5) is 23.7 Å². The van der Waals surface area contributed by atoms with Gasteiger partial charge in [-0.2, -0.15) is 8.78 Å². The molecule has 0 unspecified atom stereocenters. The number of rotatable bonds is 14. The topological polar surface area (TPSA) is 152 Å². The Labute approximate surface area is 296 Å². The molecule has 0 saturated carbocycles. The number of alkyl halides is 2. The highest BCUT2D eigenvalue weighted by atomic mass is 19.3. The highest BCUT2D eigenvalue weighted by Gasteiger charge is 2.50. The van der Waals surface area contributed by atoms with E-state index in [9.17, 15) is 28.7 Å². The molecular weight excluding hydrogens is 679 g/mol. The smallest absolute Gasteiger partial charge is 0.412 e. The fourth-order valence-corrected chi connectivity index (χ4v) is 5.21. The molecule has 11 nitrogen and oxygen atoms in total. The summed E-state index contributed by atoms with van der Waals surface area (Å²) in [7, 11) is 0. The summed E-state index contributed by atoms with van der Waals surface area (Å²) < 4.78 is 50.8. The first kappa shape index (κ1) is 37.0. The summed E-state index contributed by atoms with van der Waals surface area (Å²) in [5, 5.41) is 17.7. The van der Waals surface area contributed by atoms with Crippen molar-refractivity contribution < 1.29 is 37.4 Å². The molecule has 4 N–H and O–H groups in total. The normalized spacial score (nSPS) is 12.3. The second-order valence-electron chi connectivity index (χ2n) is 11.7. The van der Waals surface area contributed by atoms with Crippen LogP contribution in [0.1, 0.15) is 16.7 Å². The van der Waals surface area contributed by atoms with Gasteiger partial charge in [0.15, 0.2) is 0 Å². The summed E-state index contributed by atoms with van der Waals surface area (Å²) in [6.07, 6.45) is -2.98. The number of aliphatic hydroxyl groups is 1. The first-order valence-corrected chi connectivity index (χ1v) is 16.1. The van der Waals surface area contributed by atoms with E-state index >= 15 is 8.78 Å². The summed E-state index contributed by atoms with van der Waals surface area (Å²) in [6, 6.07) is 28.3. The van der Waals surface area contributed by atoms with Crippen LogP contribution in [-0.4, -0.2) is 50.6 Å². The largest absolute Gasteiger partial charge is 0.444 e. The van der Waals surface area contributed by atoms with Crippen LogP contribution in [0.5, 0.6) is 0 Å². The van der Waals surface area contributed by atoms with Crippen LogP contribution in [0.25, 0.3) is 11.4 Å². The minimum Gasteiger partial charge on any atom is -0.444 e. The molecule has 5 aromatic rings. The number of nitrogens with one attached hydrogen (secondary N) is 3. The maximum Gasteiger partial charge on any atom is 0.412 e. The number of hydrogen-bond donors (Lipinski definition) is 4. The van der Waals surface area contributed by atoms with Crippen molar-refractivity contribution in [3.05, 3.63) is 154 Å². The van der Waals surface area contributed by atoms with Crippen LogP contribution in [0.15, 0.2) is 126 Å². The fraction of sp³-hybridized carbons (Fsp3) is 0.184. The van der Waals surface area contributed by atoms with Gasteiger partial charge in [0.25, 0.3) is 11.5 Å². The van der Waals surface area contributed by atoms with Crippen molar-refractivity contribution in [2.75, 3.05) is 5.32 Å². The number of anilines is 1. The molecule has 14 heteroatoms. The Balaban J connectivity index is 1.39. The third-order valence-electron chi connectivity index (χ3n) is 7.90. The zero-order valence-corrected chi connectivity index (χ0v) is 27.5. The molecule has 0 aliphatic rings. The third-order valence-corrected chi connectivity index (χ3v) is 7.90. The number of carbonyl (C=O) groups is 3. The summed E-state index contributed by atoms with van der Waals surface area (Å²) >= 11 is 0. The maximum absolute atomic E-state index is 15.5. The van der Waals surface area contributed by atoms with Gasteiger partial charge in [0.05, 0.1) is 12.2 Å². The lowest BCUT2D eigenvalue weighted by atomic mass is 9.96. The monoisotopic (exact) mass is 713 g/mol. The van der Waals surface area contributed by atoms with Gasteiger partial charge in [-0.1, -0.05) is 91.0 Å². The molecule has 0 radical (unpaired) electrons. The van der Waals surface area contributed by atoms with E-state index in [1.54, 1.807) is 91.0 Å². The molecule has 0 fully saturated rings. The average molecular weight is 714 g/mol. The molecule has 4 aromatic carbocycles. The maximum atomic E-state index is 15.5. The van der Waals surface area contributed by atoms with Crippen molar-refractivity contribution in [2.24, 2.45) is 0 Å². The van der Waals surface area contributed by atoms with Gasteiger partial charge < -0.3 is 20.5 Å². The number of carbonyl (C=O) groups excluding carboxylic acids is 3. The number of hydrogen-bond acceptors (Lipinski definition) is 7. The predicted molar refractivity (Wildman–Crippen MR) is 185 cm³/mol. The van der Waals surface area contributed by atoms with E-state index in [0.29, 0.717) is 16.7 Å². The molecule has 1 heterocycles. The zero-order chi connectivity index (χ0) is 37.1. The molecule has 0 spiro atoms. The highest BCUT2D eigenvalue weighted by molar-refractivity contribution is 5.85. The lowest BCUT2D eigenvalue weighted by molar-refractivity contribution is -0.168. The number of nitrogens with zero attached hydrogens (tertiary/aromatic N) is 2. The minimum atomic E-state index is -4.36. The number of ether oxygens (including phenoxy) is 1. The number of halogens is 3. The molecule has 268 valence electrons. The lowest BCUT2D eigenvalue weighted by Crippen LogP contribution is -2.58. The second kappa shape index (κ2) is 17.1. The summed E-state index contributed by atoms with van der Waals surface area (Å²) in [6.45, 7) is -1.18. The molecular formula is C38H34F3N5O6. The van der Waals surface area contributed by atoms with E-state index in [2.05, 4.69) is 20.9 Å². The first-order valence-electron chi connectivity index (χ1n) is 16.1. The number of benzene rings is 4. The van der Waals surface area contributed by atoms with Gasteiger partial charge in [-0.15, -0.1) is 0 Å². The van der Waals surface area contributed by atoms with Gasteiger partial charge >= 0.3 is 12.0 Å². The van der Waals surface area contributed by atoms with Gasteiger partial charge in [0.1, 0.15) is 36.6 Å². The Bertz CT molecular complexity index is 2030. The first-order chi connectivity index (χ1) is 25.0. The van der Waals surface area contributed by atoms with Gasteiger partial charge in [0.2, 0.25) is 5.91 Å². The van der Waals surface area contributed by atoms with Gasteiger partial charge in [-0.05, 0) is 47.4 Å². The quantitative estimate of drug-likeness (QED) is 0.129. The summed E-state index contributed by atoms with van der Waals surface area (Å²) in [5.41, 5.74) is 0.604. The molecule has 0 aliphatic heterocycles. The Morgan fingerprint density at radius 3 is 2.02 bits per heavy atom. The number of aliphatic hydroxyl groups excluding tert-OH is 1. The van der Waals surface area contributed by atoms with E-state index in [1.165, 1.54) is 12.1 Å².